The molecule has 0 radical (unpaired) electrons. The minimum absolute atomic E-state index is 0.515. The minimum Gasteiger partial charge on any atom is -0.226 e. The Hall–Kier alpha value is -2.78. The van der Waals surface area contributed by atoms with Gasteiger partial charge in [0.25, 0.3) is 0 Å². The van der Waals surface area contributed by atoms with Crippen LogP contribution < -0.4 is 0 Å². The molecule has 0 saturated heterocycles. The summed E-state index contributed by atoms with van der Waals surface area (Å²) in [6.07, 6.45) is 1.56. The number of rotatable bonds is 2. The third kappa shape index (κ3) is 2.00. The molecule has 0 spiro atoms. The van der Waals surface area contributed by atoms with Gasteiger partial charge in [-0.1, -0.05) is 12.1 Å². The van der Waals surface area contributed by atoms with Gasteiger partial charge < -0.3 is 0 Å². The van der Waals surface area contributed by atoms with Crippen LogP contribution in [0.15, 0.2) is 41.4 Å². The van der Waals surface area contributed by atoms with Crippen molar-refractivity contribution in [1.29, 1.82) is 0 Å². The monoisotopic (exact) mass is 264 g/mol. The van der Waals surface area contributed by atoms with Gasteiger partial charge in [-0.05, 0) is 38.1 Å². The van der Waals surface area contributed by atoms with Crippen molar-refractivity contribution in [2.45, 2.75) is 13.8 Å². The average molecular weight is 264 g/mol. The summed E-state index contributed by atoms with van der Waals surface area (Å²) in [5.74, 6) is 0.705. The predicted octanol–water partition coefficient (Wildman–Crippen LogP) is 3.00. The van der Waals surface area contributed by atoms with Gasteiger partial charge in [-0.15, -0.1) is 0 Å². The molecule has 0 fully saturated rings. The van der Waals surface area contributed by atoms with Crippen molar-refractivity contribution in [3.05, 3.63) is 47.8 Å². The summed E-state index contributed by atoms with van der Waals surface area (Å²) in [5.41, 5.74) is 3.12. The van der Waals surface area contributed by atoms with Crippen molar-refractivity contribution >= 4 is 22.7 Å². The molecule has 0 unspecified atom stereocenters. The highest BCUT2D eigenvalue weighted by atomic mass is 16.1. The zero-order valence-electron chi connectivity index (χ0n) is 11.2. The highest BCUT2D eigenvalue weighted by Gasteiger charge is 2.08. The molecular weight excluding hydrogens is 252 g/mol. The molecule has 2 heterocycles. The highest BCUT2D eigenvalue weighted by molar-refractivity contribution is 5.90. The summed E-state index contributed by atoms with van der Waals surface area (Å²) < 4.78 is 1.77. The van der Waals surface area contributed by atoms with Crippen LogP contribution in [0.1, 0.15) is 11.4 Å². The van der Waals surface area contributed by atoms with E-state index in [-0.39, 0.29) is 0 Å². The first kappa shape index (κ1) is 12.3. The van der Waals surface area contributed by atoms with E-state index in [1.54, 1.807) is 16.8 Å². The quantitative estimate of drug-likeness (QED) is 0.528. The second kappa shape index (κ2) is 4.72. The Morgan fingerprint density at radius 3 is 2.75 bits per heavy atom. The number of benzene rings is 1. The Balaban J connectivity index is 2.26. The van der Waals surface area contributed by atoms with Crippen molar-refractivity contribution in [2.24, 2.45) is 4.99 Å². The molecule has 98 valence electrons. The van der Waals surface area contributed by atoms with E-state index in [9.17, 15) is 4.79 Å². The van der Waals surface area contributed by atoms with Crippen LogP contribution in [0.2, 0.25) is 0 Å². The Bertz CT molecular complexity index is 844. The second-order valence-electron chi connectivity index (χ2n) is 4.56. The van der Waals surface area contributed by atoms with Gasteiger partial charge in [-0.25, -0.2) is 14.5 Å². The van der Waals surface area contributed by atoms with Crippen molar-refractivity contribution in [3.63, 3.8) is 0 Å². The zero-order chi connectivity index (χ0) is 14.1. The van der Waals surface area contributed by atoms with E-state index in [2.05, 4.69) is 15.1 Å². The topological polar surface area (TPSA) is 60.1 Å². The number of pyridine rings is 1. The fraction of sp³-hybridized carbons (Fsp3) is 0.133. The molecule has 1 aromatic carbocycles. The molecule has 3 aromatic rings. The average Bonchev–Trinajstić information content (AvgIpc) is 2.78. The third-order valence-corrected chi connectivity index (χ3v) is 3.08. The normalized spacial score (nSPS) is 10.5. The van der Waals surface area contributed by atoms with Crippen LogP contribution in [0.25, 0.3) is 16.7 Å². The van der Waals surface area contributed by atoms with Crippen LogP contribution in [-0.4, -0.2) is 20.8 Å². The summed E-state index contributed by atoms with van der Waals surface area (Å²) in [5, 5.41) is 5.33. The van der Waals surface area contributed by atoms with Gasteiger partial charge in [0.1, 0.15) is 5.69 Å². The van der Waals surface area contributed by atoms with Crippen LogP contribution in [0.5, 0.6) is 0 Å². The maximum absolute atomic E-state index is 10.5. The molecule has 0 saturated carbocycles. The number of hydrogen-bond donors (Lipinski definition) is 0. The summed E-state index contributed by atoms with van der Waals surface area (Å²) in [4.78, 5) is 18.8. The first-order chi connectivity index (χ1) is 9.69. The minimum atomic E-state index is 0.515. The van der Waals surface area contributed by atoms with Gasteiger partial charge in [0.2, 0.25) is 6.08 Å². The van der Waals surface area contributed by atoms with Gasteiger partial charge >= 0.3 is 0 Å². The Morgan fingerprint density at radius 1 is 1.20 bits per heavy atom. The van der Waals surface area contributed by atoms with Crippen molar-refractivity contribution in [1.82, 2.24) is 14.8 Å². The van der Waals surface area contributed by atoms with Crippen molar-refractivity contribution < 1.29 is 4.79 Å². The molecule has 5 nitrogen and oxygen atoms in total. The fourth-order valence-corrected chi connectivity index (χ4v) is 2.24. The summed E-state index contributed by atoms with van der Waals surface area (Å²) in [6, 6.07) is 11.3. The van der Waals surface area contributed by atoms with Crippen molar-refractivity contribution in [2.75, 3.05) is 0 Å². The number of hydrogen-bond acceptors (Lipinski definition) is 4. The third-order valence-electron chi connectivity index (χ3n) is 3.08. The summed E-state index contributed by atoms with van der Waals surface area (Å²) in [7, 11) is 0. The Morgan fingerprint density at radius 2 is 2.05 bits per heavy atom. The molecule has 5 heteroatoms. The standard InChI is InChI=1S/C15H12N4O/c1-10-8-11(2)19(18-10)14-7-6-12-4-3-5-13(16-9-20)15(12)17-14/h3-8H,1-2H3. The van der Waals surface area contributed by atoms with Crippen LogP contribution >= 0.6 is 0 Å². The summed E-state index contributed by atoms with van der Waals surface area (Å²) in [6.45, 7) is 3.91. The maximum Gasteiger partial charge on any atom is 0.240 e. The molecule has 3 rings (SSSR count). The first-order valence-corrected chi connectivity index (χ1v) is 6.20. The van der Waals surface area contributed by atoms with Crippen LogP contribution in [0.4, 0.5) is 5.69 Å². The molecule has 0 amide bonds. The van der Waals surface area contributed by atoms with Gasteiger partial charge in [0.15, 0.2) is 5.82 Å². The molecular formula is C15H12N4O. The Kier molecular flexibility index (Phi) is 2.89. The van der Waals surface area contributed by atoms with E-state index in [0.29, 0.717) is 17.0 Å². The number of aromatic nitrogens is 3. The SMILES string of the molecule is Cc1cc(C)n(-c2ccc3cccc(N=C=O)c3n2)n1. The fourth-order valence-electron chi connectivity index (χ4n) is 2.24. The largest absolute Gasteiger partial charge is 0.240 e. The van der Waals surface area contributed by atoms with Crippen LogP contribution in [0.3, 0.4) is 0 Å². The molecule has 0 aliphatic heterocycles. The van der Waals surface area contributed by atoms with Crippen LogP contribution in [-0.2, 0) is 4.79 Å². The second-order valence-corrected chi connectivity index (χ2v) is 4.56. The van der Waals surface area contributed by atoms with Gasteiger partial charge in [-0.3, -0.25) is 0 Å². The van der Waals surface area contributed by atoms with Crippen LogP contribution in [0, 0.1) is 13.8 Å². The van der Waals surface area contributed by atoms with Gasteiger partial charge in [-0.2, -0.15) is 10.1 Å². The van der Waals surface area contributed by atoms with E-state index < -0.39 is 0 Å². The summed E-state index contributed by atoms with van der Waals surface area (Å²) >= 11 is 0. The number of aryl methyl sites for hydroxylation is 2. The maximum atomic E-state index is 10.5. The lowest BCUT2D eigenvalue weighted by atomic mass is 10.2. The van der Waals surface area contributed by atoms with Crippen molar-refractivity contribution in [3.8, 4) is 5.82 Å². The first-order valence-electron chi connectivity index (χ1n) is 6.20. The smallest absolute Gasteiger partial charge is 0.226 e. The number of aliphatic imine (C=N–C) groups is 1. The highest BCUT2D eigenvalue weighted by Crippen LogP contribution is 2.25. The molecule has 0 N–H and O–H groups in total. The lowest BCUT2D eigenvalue weighted by molar-refractivity contribution is 0.565. The lowest BCUT2D eigenvalue weighted by Gasteiger charge is -2.06. The molecule has 0 aliphatic carbocycles. The Labute approximate surface area is 115 Å². The number of isocyanates is 1. The zero-order valence-corrected chi connectivity index (χ0v) is 11.2. The van der Waals surface area contributed by atoms with E-state index in [0.717, 1.165) is 16.8 Å². The molecule has 0 aliphatic rings. The number of fused-ring (bicyclic) bond motifs is 1. The molecule has 0 atom stereocenters. The number of carbonyl (C=O) groups excluding carboxylic acids is 1. The number of para-hydroxylation sites is 1. The number of nitrogens with zero attached hydrogens (tertiary/aromatic N) is 4. The lowest BCUT2D eigenvalue weighted by Crippen LogP contribution is -2.01. The van der Waals surface area contributed by atoms with E-state index in [1.165, 1.54) is 0 Å². The molecule has 0 bridgehead atoms. The van der Waals surface area contributed by atoms with Gasteiger partial charge in [0.05, 0.1) is 11.2 Å². The molecule has 20 heavy (non-hydrogen) atoms. The van der Waals surface area contributed by atoms with E-state index in [1.807, 2.05) is 44.2 Å². The van der Waals surface area contributed by atoms with Gasteiger partial charge in [0, 0.05) is 11.1 Å². The van der Waals surface area contributed by atoms with E-state index in [4.69, 9.17) is 0 Å². The van der Waals surface area contributed by atoms with E-state index >= 15 is 0 Å². The molecule has 2 aromatic heterocycles. The predicted molar refractivity (Wildman–Crippen MR) is 76.1 cm³/mol.